The summed E-state index contributed by atoms with van der Waals surface area (Å²) in [7, 11) is 0. The molecule has 0 aromatic rings. The summed E-state index contributed by atoms with van der Waals surface area (Å²) < 4.78 is 0. The standard InChI is InChI=1S/C9H17N3O3/c1-5-6(2-3-11-5)9(15)12-4-7(13)8(10)14/h5-7,11,13H,2-4H2,1H3,(H2,10,14)(H,12,15). The van der Waals surface area contributed by atoms with Crippen molar-refractivity contribution in [1.29, 1.82) is 0 Å². The van der Waals surface area contributed by atoms with E-state index in [1.54, 1.807) is 0 Å². The largest absolute Gasteiger partial charge is 0.381 e. The Hall–Kier alpha value is -1.14. The van der Waals surface area contributed by atoms with Crippen LogP contribution >= 0.6 is 0 Å². The lowest BCUT2D eigenvalue weighted by Gasteiger charge is -2.15. The molecule has 5 N–H and O–H groups in total. The predicted octanol–water partition coefficient (Wildman–Crippen LogP) is -2.05. The van der Waals surface area contributed by atoms with Crippen LogP contribution in [0.2, 0.25) is 0 Å². The molecule has 0 aromatic carbocycles. The van der Waals surface area contributed by atoms with Crippen molar-refractivity contribution in [3.8, 4) is 0 Å². The van der Waals surface area contributed by atoms with Gasteiger partial charge in [0.05, 0.1) is 12.5 Å². The molecule has 6 nitrogen and oxygen atoms in total. The Labute approximate surface area is 88.2 Å². The molecule has 0 bridgehead atoms. The van der Waals surface area contributed by atoms with Gasteiger partial charge in [-0.2, -0.15) is 0 Å². The number of rotatable bonds is 4. The van der Waals surface area contributed by atoms with Crippen LogP contribution in [0, 0.1) is 5.92 Å². The molecule has 0 saturated carbocycles. The van der Waals surface area contributed by atoms with E-state index in [1.807, 2.05) is 6.92 Å². The topological polar surface area (TPSA) is 104 Å². The van der Waals surface area contributed by atoms with Crippen molar-refractivity contribution >= 4 is 11.8 Å². The summed E-state index contributed by atoms with van der Waals surface area (Å²) in [4.78, 5) is 22.1. The molecule has 1 aliphatic rings. The molecule has 15 heavy (non-hydrogen) atoms. The van der Waals surface area contributed by atoms with Gasteiger partial charge in [-0.3, -0.25) is 9.59 Å². The third kappa shape index (κ3) is 3.17. The Morgan fingerprint density at radius 1 is 1.67 bits per heavy atom. The van der Waals surface area contributed by atoms with Crippen molar-refractivity contribution in [1.82, 2.24) is 10.6 Å². The Bertz CT molecular complexity index is 257. The summed E-state index contributed by atoms with van der Waals surface area (Å²) in [5, 5.41) is 14.7. The molecule has 1 aliphatic heterocycles. The summed E-state index contributed by atoms with van der Waals surface area (Å²) >= 11 is 0. The van der Waals surface area contributed by atoms with Crippen LogP contribution in [0.5, 0.6) is 0 Å². The van der Waals surface area contributed by atoms with Crippen LogP contribution in [-0.4, -0.2) is 42.2 Å². The van der Waals surface area contributed by atoms with E-state index in [0.29, 0.717) is 0 Å². The maximum Gasteiger partial charge on any atom is 0.248 e. The molecule has 6 heteroatoms. The van der Waals surface area contributed by atoms with E-state index < -0.39 is 12.0 Å². The molecule has 1 heterocycles. The molecule has 1 rings (SSSR count). The van der Waals surface area contributed by atoms with Crippen LogP contribution in [0.3, 0.4) is 0 Å². The summed E-state index contributed by atoms with van der Waals surface area (Å²) in [6.45, 7) is 2.64. The summed E-state index contributed by atoms with van der Waals surface area (Å²) in [5.74, 6) is -1.06. The highest BCUT2D eigenvalue weighted by Gasteiger charge is 2.29. The third-order valence-electron chi connectivity index (χ3n) is 2.66. The van der Waals surface area contributed by atoms with Crippen LogP contribution in [0.15, 0.2) is 0 Å². The van der Waals surface area contributed by atoms with Crippen LogP contribution in [0.4, 0.5) is 0 Å². The van der Waals surface area contributed by atoms with Gasteiger partial charge < -0.3 is 21.5 Å². The van der Waals surface area contributed by atoms with Crippen molar-refractivity contribution in [2.45, 2.75) is 25.5 Å². The van der Waals surface area contributed by atoms with Crippen LogP contribution < -0.4 is 16.4 Å². The number of hydrogen-bond acceptors (Lipinski definition) is 4. The first-order valence-electron chi connectivity index (χ1n) is 5.01. The van der Waals surface area contributed by atoms with E-state index in [1.165, 1.54) is 0 Å². The monoisotopic (exact) mass is 215 g/mol. The first-order valence-corrected chi connectivity index (χ1v) is 5.01. The summed E-state index contributed by atoms with van der Waals surface area (Å²) in [5.41, 5.74) is 4.85. The smallest absolute Gasteiger partial charge is 0.248 e. The predicted molar refractivity (Wildman–Crippen MR) is 53.8 cm³/mol. The number of aliphatic hydroxyl groups is 1. The van der Waals surface area contributed by atoms with Gasteiger partial charge in [0.2, 0.25) is 11.8 Å². The van der Waals surface area contributed by atoms with E-state index in [4.69, 9.17) is 10.8 Å². The molecular weight excluding hydrogens is 198 g/mol. The Morgan fingerprint density at radius 3 is 2.80 bits per heavy atom. The molecule has 0 radical (unpaired) electrons. The van der Waals surface area contributed by atoms with Crippen molar-refractivity contribution in [3.63, 3.8) is 0 Å². The lowest BCUT2D eigenvalue weighted by atomic mass is 10.0. The van der Waals surface area contributed by atoms with Gasteiger partial charge in [-0.25, -0.2) is 0 Å². The quantitative estimate of drug-likeness (QED) is 0.433. The number of aliphatic hydroxyl groups excluding tert-OH is 1. The van der Waals surface area contributed by atoms with Gasteiger partial charge in [0, 0.05) is 6.04 Å². The fourth-order valence-corrected chi connectivity index (χ4v) is 1.65. The minimum atomic E-state index is -1.31. The first kappa shape index (κ1) is 11.9. The van der Waals surface area contributed by atoms with E-state index in [-0.39, 0.29) is 24.4 Å². The zero-order valence-corrected chi connectivity index (χ0v) is 8.69. The normalized spacial score (nSPS) is 27.3. The Balaban J connectivity index is 2.32. The van der Waals surface area contributed by atoms with Crippen LogP contribution in [-0.2, 0) is 9.59 Å². The zero-order valence-electron chi connectivity index (χ0n) is 8.69. The van der Waals surface area contributed by atoms with E-state index in [0.717, 1.165) is 13.0 Å². The molecule has 1 saturated heterocycles. The number of amides is 2. The number of carbonyl (C=O) groups excluding carboxylic acids is 2. The maximum absolute atomic E-state index is 11.6. The average molecular weight is 215 g/mol. The van der Waals surface area contributed by atoms with Crippen molar-refractivity contribution in [3.05, 3.63) is 0 Å². The van der Waals surface area contributed by atoms with E-state index in [9.17, 15) is 9.59 Å². The molecule has 2 amide bonds. The first-order chi connectivity index (χ1) is 7.02. The fraction of sp³-hybridized carbons (Fsp3) is 0.778. The Kier molecular flexibility index (Phi) is 4.05. The average Bonchev–Trinajstić information content (AvgIpc) is 2.60. The Morgan fingerprint density at radius 2 is 2.33 bits per heavy atom. The second-order valence-electron chi connectivity index (χ2n) is 3.80. The van der Waals surface area contributed by atoms with Gasteiger partial charge >= 0.3 is 0 Å². The third-order valence-corrected chi connectivity index (χ3v) is 2.66. The fourth-order valence-electron chi connectivity index (χ4n) is 1.65. The minimum absolute atomic E-state index is 0.0925. The van der Waals surface area contributed by atoms with Crippen molar-refractivity contribution in [2.75, 3.05) is 13.1 Å². The molecule has 0 aliphatic carbocycles. The lowest BCUT2D eigenvalue weighted by Crippen LogP contribution is -2.43. The molecule has 3 unspecified atom stereocenters. The highest BCUT2D eigenvalue weighted by molar-refractivity contribution is 5.82. The van der Waals surface area contributed by atoms with Gasteiger partial charge in [0.25, 0.3) is 0 Å². The van der Waals surface area contributed by atoms with E-state index >= 15 is 0 Å². The highest BCUT2D eigenvalue weighted by atomic mass is 16.3. The molecule has 0 spiro atoms. The zero-order chi connectivity index (χ0) is 11.4. The molecular formula is C9H17N3O3. The van der Waals surface area contributed by atoms with Crippen LogP contribution in [0.25, 0.3) is 0 Å². The number of primary amides is 1. The maximum atomic E-state index is 11.6. The van der Waals surface area contributed by atoms with Gasteiger partial charge in [-0.1, -0.05) is 0 Å². The lowest BCUT2D eigenvalue weighted by molar-refractivity contribution is -0.128. The second-order valence-corrected chi connectivity index (χ2v) is 3.80. The number of carbonyl (C=O) groups is 2. The second kappa shape index (κ2) is 5.09. The molecule has 3 atom stereocenters. The molecule has 0 aromatic heterocycles. The number of nitrogens with two attached hydrogens (primary N) is 1. The van der Waals surface area contributed by atoms with Gasteiger partial charge in [0.1, 0.15) is 6.10 Å². The summed E-state index contributed by atoms with van der Waals surface area (Å²) in [6.07, 6.45) is -0.529. The number of hydrogen-bond donors (Lipinski definition) is 4. The number of nitrogens with one attached hydrogen (secondary N) is 2. The summed E-state index contributed by atoms with van der Waals surface area (Å²) in [6, 6.07) is 0.135. The van der Waals surface area contributed by atoms with Gasteiger partial charge in [-0.15, -0.1) is 0 Å². The minimum Gasteiger partial charge on any atom is -0.381 e. The van der Waals surface area contributed by atoms with Crippen molar-refractivity contribution in [2.24, 2.45) is 11.7 Å². The molecule has 1 fully saturated rings. The highest BCUT2D eigenvalue weighted by Crippen LogP contribution is 2.14. The van der Waals surface area contributed by atoms with Gasteiger partial charge in [0.15, 0.2) is 0 Å². The van der Waals surface area contributed by atoms with Crippen molar-refractivity contribution < 1.29 is 14.7 Å². The van der Waals surface area contributed by atoms with Gasteiger partial charge in [-0.05, 0) is 19.9 Å². The molecule has 86 valence electrons. The van der Waals surface area contributed by atoms with Crippen LogP contribution in [0.1, 0.15) is 13.3 Å². The SMILES string of the molecule is CC1NCCC1C(=O)NCC(O)C(N)=O. The van der Waals surface area contributed by atoms with E-state index in [2.05, 4.69) is 10.6 Å².